The Labute approximate surface area is 236 Å². The number of piperidine rings is 1. The number of ether oxygens (including phenoxy) is 3. The highest BCUT2D eigenvalue weighted by Crippen LogP contribution is 2.27. The van der Waals surface area contributed by atoms with Crippen molar-refractivity contribution in [2.24, 2.45) is 0 Å². The van der Waals surface area contributed by atoms with Crippen LogP contribution in [0.15, 0.2) is 48.7 Å². The summed E-state index contributed by atoms with van der Waals surface area (Å²) in [5.41, 5.74) is 2.82. The van der Waals surface area contributed by atoms with E-state index < -0.39 is 11.6 Å². The Morgan fingerprint density at radius 2 is 1.98 bits per heavy atom. The summed E-state index contributed by atoms with van der Waals surface area (Å²) >= 11 is 0. The highest BCUT2D eigenvalue weighted by Gasteiger charge is 2.29. The largest absolute Gasteiger partial charge is 0.483 e. The average molecular weight is 566 g/mol. The van der Waals surface area contributed by atoms with Crippen LogP contribution in [0.25, 0.3) is 11.0 Å². The molecule has 1 unspecified atom stereocenters. The van der Waals surface area contributed by atoms with Gasteiger partial charge in [-0.3, -0.25) is 4.90 Å². The van der Waals surface area contributed by atoms with Crippen molar-refractivity contribution in [3.8, 4) is 11.6 Å². The third-order valence-corrected chi connectivity index (χ3v) is 7.78. The standard InChI is InChI=1S/C30H33F2N5O4/c1-19-12-22(41-30-6-9-33-28(35-30)18-40-27-5-3-21(31)14-24(27)32)7-10-36(19)16-29-34-25-4-2-20(17-38)13-26(25)37(29)15-23-8-11-39-23/h2-6,9,13-14,19,22-23,38H,7-8,10-12,15-18H2,1H3/t19-,22-,23?/m0/s1. The molecule has 2 fully saturated rings. The van der Waals surface area contributed by atoms with Gasteiger partial charge in [-0.05, 0) is 56.0 Å². The van der Waals surface area contributed by atoms with E-state index in [4.69, 9.17) is 19.2 Å². The molecule has 0 aliphatic carbocycles. The second kappa shape index (κ2) is 12.1. The van der Waals surface area contributed by atoms with Crippen molar-refractivity contribution in [1.82, 2.24) is 24.4 Å². The van der Waals surface area contributed by atoms with Crippen LogP contribution in [-0.2, 0) is 31.0 Å². The Bertz CT molecular complexity index is 1510. The Balaban J connectivity index is 1.08. The molecule has 2 aromatic carbocycles. The van der Waals surface area contributed by atoms with E-state index in [-0.39, 0.29) is 37.2 Å². The molecule has 0 saturated carbocycles. The number of nitrogens with zero attached hydrogens (tertiary/aromatic N) is 5. The zero-order chi connectivity index (χ0) is 28.3. The van der Waals surface area contributed by atoms with Gasteiger partial charge in [0.2, 0.25) is 5.88 Å². The Kier molecular flexibility index (Phi) is 8.09. The minimum Gasteiger partial charge on any atom is -0.483 e. The minimum absolute atomic E-state index is 0.00537. The molecule has 11 heteroatoms. The van der Waals surface area contributed by atoms with Gasteiger partial charge in [-0.15, -0.1) is 0 Å². The summed E-state index contributed by atoms with van der Waals surface area (Å²) in [6.07, 6.45) is 4.43. The summed E-state index contributed by atoms with van der Waals surface area (Å²) in [5.74, 6) is 0.265. The van der Waals surface area contributed by atoms with Crippen molar-refractivity contribution in [2.75, 3.05) is 13.2 Å². The van der Waals surface area contributed by atoms with E-state index in [1.54, 1.807) is 12.3 Å². The molecule has 1 N–H and O–H groups in total. The summed E-state index contributed by atoms with van der Waals surface area (Å²) in [4.78, 5) is 16.0. The van der Waals surface area contributed by atoms with Crippen LogP contribution >= 0.6 is 0 Å². The first-order valence-electron chi connectivity index (χ1n) is 14.0. The van der Waals surface area contributed by atoms with Crippen LogP contribution in [0.4, 0.5) is 8.78 Å². The molecule has 0 spiro atoms. The number of likely N-dealkylation sites (tertiary alicyclic amines) is 1. The SMILES string of the molecule is C[C@H]1C[C@@H](Oc2ccnc(COc3ccc(F)cc3F)n2)CCN1Cc1nc2ccc(CO)cc2n1CC1CCO1. The smallest absolute Gasteiger partial charge is 0.216 e. The predicted molar refractivity (Wildman–Crippen MR) is 146 cm³/mol. The number of aliphatic hydroxyl groups is 1. The van der Waals surface area contributed by atoms with E-state index in [9.17, 15) is 13.9 Å². The number of fused-ring (bicyclic) bond motifs is 1. The van der Waals surface area contributed by atoms with Gasteiger partial charge in [0, 0.05) is 37.5 Å². The van der Waals surface area contributed by atoms with Crippen molar-refractivity contribution < 1.29 is 28.1 Å². The molecule has 2 aliphatic rings. The summed E-state index contributed by atoms with van der Waals surface area (Å²) in [5, 5.41) is 9.65. The molecule has 41 heavy (non-hydrogen) atoms. The number of benzene rings is 2. The number of aliphatic hydroxyl groups excluding tert-OH is 1. The van der Waals surface area contributed by atoms with Gasteiger partial charge in [-0.1, -0.05) is 6.07 Å². The van der Waals surface area contributed by atoms with Crippen LogP contribution in [0.5, 0.6) is 11.6 Å². The zero-order valence-electron chi connectivity index (χ0n) is 22.9. The second-order valence-corrected chi connectivity index (χ2v) is 10.7. The lowest BCUT2D eigenvalue weighted by atomic mass is 10.0. The van der Waals surface area contributed by atoms with Crippen molar-refractivity contribution in [3.05, 3.63) is 77.5 Å². The number of imidazole rings is 1. The van der Waals surface area contributed by atoms with Gasteiger partial charge >= 0.3 is 0 Å². The first-order chi connectivity index (χ1) is 19.9. The van der Waals surface area contributed by atoms with Gasteiger partial charge in [-0.2, -0.15) is 4.98 Å². The normalized spacial score (nSPS) is 21.1. The van der Waals surface area contributed by atoms with E-state index in [0.29, 0.717) is 18.2 Å². The van der Waals surface area contributed by atoms with E-state index >= 15 is 0 Å². The van der Waals surface area contributed by atoms with Crippen molar-refractivity contribution in [1.29, 1.82) is 0 Å². The van der Waals surface area contributed by atoms with Crippen molar-refractivity contribution in [3.63, 3.8) is 0 Å². The molecule has 2 aromatic heterocycles. The number of rotatable bonds is 10. The van der Waals surface area contributed by atoms with Crippen LogP contribution in [0.3, 0.4) is 0 Å². The van der Waals surface area contributed by atoms with Crippen LogP contribution in [0.1, 0.15) is 43.4 Å². The lowest BCUT2D eigenvalue weighted by molar-refractivity contribution is -0.0593. The fraction of sp³-hybridized carbons (Fsp3) is 0.433. The van der Waals surface area contributed by atoms with E-state index in [0.717, 1.165) is 73.5 Å². The van der Waals surface area contributed by atoms with Gasteiger partial charge in [0.05, 0.1) is 36.8 Å². The molecule has 6 rings (SSSR count). The Morgan fingerprint density at radius 1 is 1.10 bits per heavy atom. The van der Waals surface area contributed by atoms with Gasteiger partial charge in [0.25, 0.3) is 0 Å². The maximum absolute atomic E-state index is 13.9. The van der Waals surface area contributed by atoms with Crippen LogP contribution in [0.2, 0.25) is 0 Å². The van der Waals surface area contributed by atoms with E-state index in [1.807, 2.05) is 18.2 Å². The van der Waals surface area contributed by atoms with Gasteiger partial charge < -0.3 is 23.9 Å². The molecule has 4 aromatic rings. The molecule has 0 amide bonds. The number of hydrogen-bond acceptors (Lipinski definition) is 8. The van der Waals surface area contributed by atoms with Gasteiger partial charge in [0.1, 0.15) is 24.4 Å². The predicted octanol–water partition coefficient (Wildman–Crippen LogP) is 4.40. The first kappa shape index (κ1) is 27.5. The highest BCUT2D eigenvalue weighted by molar-refractivity contribution is 5.77. The maximum atomic E-state index is 13.9. The average Bonchev–Trinajstić information content (AvgIpc) is 3.27. The Morgan fingerprint density at radius 3 is 2.73 bits per heavy atom. The van der Waals surface area contributed by atoms with Gasteiger partial charge in [-0.25, -0.2) is 18.7 Å². The fourth-order valence-electron chi connectivity index (χ4n) is 5.40. The summed E-state index contributed by atoms with van der Waals surface area (Å²) < 4.78 is 46.6. The summed E-state index contributed by atoms with van der Waals surface area (Å²) in [7, 11) is 0. The molecule has 216 valence electrons. The molecule has 4 heterocycles. The fourth-order valence-corrected chi connectivity index (χ4v) is 5.40. The highest BCUT2D eigenvalue weighted by atomic mass is 19.1. The van der Waals surface area contributed by atoms with Crippen LogP contribution in [-0.4, -0.2) is 60.9 Å². The quantitative estimate of drug-likeness (QED) is 0.303. The monoisotopic (exact) mass is 565 g/mol. The number of aromatic nitrogens is 4. The van der Waals surface area contributed by atoms with Crippen molar-refractivity contribution >= 4 is 11.0 Å². The number of halogens is 2. The summed E-state index contributed by atoms with van der Waals surface area (Å²) in [6, 6.07) is 11.0. The molecule has 0 bridgehead atoms. The third kappa shape index (κ3) is 6.32. The van der Waals surface area contributed by atoms with Crippen LogP contribution < -0.4 is 9.47 Å². The van der Waals surface area contributed by atoms with Crippen molar-refractivity contribution in [2.45, 2.75) is 70.7 Å². The van der Waals surface area contributed by atoms with E-state index in [1.165, 1.54) is 6.07 Å². The third-order valence-electron chi connectivity index (χ3n) is 7.78. The molecule has 2 aliphatic heterocycles. The number of hydrogen-bond donors (Lipinski definition) is 1. The molecule has 2 saturated heterocycles. The summed E-state index contributed by atoms with van der Waals surface area (Å²) in [6.45, 7) is 5.21. The second-order valence-electron chi connectivity index (χ2n) is 10.7. The topological polar surface area (TPSA) is 94.8 Å². The Hall–Kier alpha value is -3.67. The lowest BCUT2D eigenvalue weighted by Gasteiger charge is -2.37. The molecule has 0 radical (unpaired) electrons. The lowest BCUT2D eigenvalue weighted by Crippen LogP contribution is -2.44. The zero-order valence-corrected chi connectivity index (χ0v) is 22.9. The maximum Gasteiger partial charge on any atom is 0.216 e. The molecular formula is C30H33F2N5O4. The minimum atomic E-state index is -0.778. The molecular weight excluding hydrogens is 532 g/mol. The molecule has 3 atom stereocenters. The molecule has 9 nitrogen and oxygen atoms in total. The first-order valence-corrected chi connectivity index (χ1v) is 14.0. The van der Waals surface area contributed by atoms with E-state index in [2.05, 4.69) is 26.4 Å². The van der Waals surface area contributed by atoms with Gasteiger partial charge in [0.15, 0.2) is 17.4 Å². The van der Waals surface area contributed by atoms with Crippen LogP contribution in [0, 0.1) is 11.6 Å².